The molecule has 0 fully saturated rings. The van der Waals surface area contributed by atoms with Crippen LogP contribution in [0, 0.1) is 23.0 Å². The molecule has 0 bridgehead atoms. The number of halogens is 3. The van der Waals surface area contributed by atoms with Gasteiger partial charge >= 0.3 is 0 Å². The number of benzene rings is 2. The average molecular weight is 279 g/mol. The molecule has 0 heterocycles. The molecule has 0 saturated heterocycles. The van der Waals surface area contributed by atoms with Crippen molar-refractivity contribution >= 4 is 17.3 Å². The summed E-state index contributed by atoms with van der Waals surface area (Å²) >= 11 is 5.65. The standard InChI is InChI=1S/C14H9ClF2N2/c15-11-5-10(1-3-12(11)16)8-19-14-4-2-9(7-18)6-13(14)17/h1-6,19H,8H2. The van der Waals surface area contributed by atoms with Gasteiger partial charge in [-0.3, -0.25) is 0 Å². The van der Waals surface area contributed by atoms with Crippen LogP contribution in [0.2, 0.25) is 5.02 Å². The molecule has 0 aliphatic rings. The molecule has 2 rings (SSSR count). The van der Waals surface area contributed by atoms with Crippen LogP contribution < -0.4 is 5.32 Å². The van der Waals surface area contributed by atoms with Crippen LogP contribution in [0.1, 0.15) is 11.1 Å². The van der Waals surface area contributed by atoms with Crippen molar-refractivity contribution < 1.29 is 8.78 Å². The molecule has 19 heavy (non-hydrogen) atoms. The normalized spacial score (nSPS) is 10.0. The Morgan fingerprint density at radius 3 is 2.53 bits per heavy atom. The third-order valence-corrected chi connectivity index (χ3v) is 2.85. The van der Waals surface area contributed by atoms with Gasteiger partial charge in [-0.2, -0.15) is 5.26 Å². The number of hydrogen-bond acceptors (Lipinski definition) is 2. The van der Waals surface area contributed by atoms with Crippen molar-refractivity contribution in [1.29, 1.82) is 5.26 Å². The van der Waals surface area contributed by atoms with E-state index in [1.54, 1.807) is 6.07 Å². The minimum absolute atomic E-state index is 0.0274. The Morgan fingerprint density at radius 2 is 1.89 bits per heavy atom. The molecule has 5 heteroatoms. The molecule has 0 atom stereocenters. The largest absolute Gasteiger partial charge is 0.379 e. The minimum Gasteiger partial charge on any atom is -0.379 e. The van der Waals surface area contributed by atoms with E-state index in [1.807, 2.05) is 6.07 Å². The lowest BCUT2D eigenvalue weighted by Crippen LogP contribution is -2.02. The number of hydrogen-bond donors (Lipinski definition) is 1. The fraction of sp³-hybridized carbons (Fsp3) is 0.0714. The van der Waals surface area contributed by atoms with Gasteiger partial charge in [-0.1, -0.05) is 17.7 Å². The fourth-order valence-electron chi connectivity index (χ4n) is 1.57. The van der Waals surface area contributed by atoms with Crippen LogP contribution in [0.5, 0.6) is 0 Å². The number of anilines is 1. The minimum atomic E-state index is -0.507. The summed E-state index contributed by atoms with van der Waals surface area (Å²) in [7, 11) is 0. The Labute approximate surface area is 114 Å². The van der Waals surface area contributed by atoms with Crippen LogP contribution in [-0.4, -0.2) is 0 Å². The zero-order valence-corrected chi connectivity index (χ0v) is 10.5. The molecule has 0 aliphatic heterocycles. The van der Waals surface area contributed by atoms with Crippen LogP contribution in [0.4, 0.5) is 14.5 Å². The van der Waals surface area contributed by atoms with E-state index in [9.17, 15) is 8.78 Å². The van der Waals surface area contributed by atoms with Crippen LogP contribution in [0.3, 0.4) is 0 Å². The van der Waals surface area contributed by atoms with Gasteiger partial charge < -0.3 is 5.32 Å². The Bertz CT molecular complexity index is 650. The molecule has 0 saturated carbocycles. The molecule has 2 aromatic carbocycles. The summed E-state index contributed by atoms with van der Waals surface area (Å²) in [5.41, 5.74) is 1.27. The highest BCUT2D eigenvalue weighted by atomic mass is 35.5. The highest BCUT2D eigenvalue weighted by Gasteiger charge is 2.04. The highest BCUT2D eigenvalue weighted by molar-refractivity contribution is 6.30. The third kappa shape index (κ3) is 3.21. The van der Waals surface area contributed by atoms with E-state index in [0.717, 1.165) is 11.6 Å². The molecular weight excluding hydrogens is 270 g/mol. The maximum atomic E-state index is 13.6. The number of nitriles is 1. The van der Waals surface area contributed by atoms with Crippen molar-refractivity contribution in [3.63, 3.8) is 0 Å². The summed E-state index contributed by atoms with van der Waals surface area (Å²) in [4.78, 5) is 0. The van der Waals surface area contributed by atoms with E-state index in [1.165, 1.54) is 24.3 Å². The maximum Gasteiger partial charge on any atom is 0.147 e. The molecule has 0 aromatic heterocycles. The van der Waals surface area contributed by atoms with Crippen molar-refractivity contribution in [2.45, 2.75) is 6.54 Å². The predicted molar refractivity (Wildman–Crippen MR) is 69.9 cm³/mol. The summed E-state index contributed by atoms with van der Waals surface area (Å²) in [5.74, 6) is -0.998. The van der Waals surface area contributed by atoms with Crippen molar-refractivity contribution in [2.24, 2.45) is 0 Å². The Hall–Kier alpha value is -2.12. The topological polar surface area (TPSA) is 35.8 Å². The molecular formula is C14H9ClF2N2. The first-order chi connectivity index (χ1) is 9.10. The SMILES string of the molecule is N#Cc1ccc(NCc2ccc(F)c(Cl)c2)c(F)c1. The quantitative estimate of drug-likeness (QED) is 0.917. The first kappa shape index (κ1) is 13.3. The summed E-state index contributed by atoms with van der Waals surface area (Å²) in [6, 6.07) is 10.3. The molecule has 2 nitrogen and oxygen atoms in total. The van der Waals surface area contributed by atoms with E-state index >= 15 is 0 Å². The maximum absolute atomic E-state index is 13.6. The van der Waals surface area contributed by atoms with Crippen LogP contribution in [0.15, 0.2) is 36.4 Å². The lowest BCUT2D eigenvalue weighted by atomic mass is 10.2. The van der Waals surface area contributed by atoms with Gasteiger partial charge in [0.1, 0.15) is 11.6 Å². The van der Waals surface area contributed by atoms with E-state index < -0.39 is 11.6 Å². The van der Waals surface area contributed by atoms with Crippen molar-refractivity contribution in [3.8, 4) is 6.07 Å². The fourth-order valence-corrected chi connectivity index (χ4v) is 1.78. The Kier molecular flexibility index (Phi) is 3.98. The lowest BCUT2D eigenvalue weighted by molar-refractivity contribution is 0.626. The van der Waals surface area contributed by atoms with Crippen molar-refractivity contribution in [3.05, 3.63) is 64.2 Å². The number of rotatable bonds is 3. The first-order valence-electron chi connectivity index (χ1n) is 5.47. The number of nitrogens with one attached hydrogen (secondary N) is 1. The van der Waals surface area contributed by atoms with Gasteiger partial charge in [-0.05, 0) is 35.9 Å². The predicted octanol–water partition coefficient (Wildman–Crippen LogP) is 4.10. The zero-order chi connectivity index (χ0) is 13.8. The van der Waals surface area contributed by atoms with Gasteiger partial charge in [-0.15, -0.1) is 0 Å². The molecule has 0 amide bonds. The van der Waals surface area contributed by atoms with Gasteiger partial charge in [0.2, 0.25) is 0 Å². The molecule has 1 N–H and O–H groups in total. The summed E-state index contributed by atoms with van der Waals surface area (Å²) in [6.45, 7) is 0.308. The molecule has 0 aliphatic carbocycles. The second kappa shape index (κ2) is 5.68. The van der Waals surface area contributed by atoms with Gasteiger partial charge in [0.25, 0.3) is 0 Å². The van der Waals surface area contributed by atoms with Crippen LogP contribution in [0.25, 0.3) is 0 Å². The molecule has 0 radical (unpaired) electrons. The van der Waals surface area contributed by atoms with Gasteiger partial charge in [0, 0.05) is 6.54 Å². The van der Waals surface area contributed by atoms with Gasteiger partial charge in [0.05, 0.1) is 22.3 Å². The smallest absolute Gasteiger partial charge is 0.147 e. The first-order valence-corrected chi connectivity index (χ1v) is 5.85. The van der Waals surface area contributed by atoms with E-state index in [4.69, 9.17) is 16.9 Å². The number of nitrogens with zero attached hydrogens (tertiary/aromatic N) is 1. The average Bonchev–Trinajstić information content (AvgIpc) is 2.41. The highest BCUT2D eigenvalue weighted by Crippen LogP contribution is 2.19. The molecule has 2 aromatic rings. The third-order valence-electron chi connectivity index (χ3n) is 2.57. The molecule has 0 spiro atoms. The second-order valence-electron chi connectivity index (χ2n) is 3.91. The Morgan fingerprint density at radius 1 is 1.11 bits per heavy atom. The summed E-state index contributed by atoms with van der Waals surface area (Å²) in [6.07, 6.45) is 0. The molecule has 0 unspecified atom stereocenters. The second-order valence-corrected chi connectivity index (χ2v) is 4.32. The molecule has 96 valence electrons. The van der Waals surface area contributed by atoms with E-state index in [0.29, 0.717) is 6.54 Å². The monoisotopic (exact) mass is 278 g/mol. The van der Waals surface area contributed by atoms with Crippen LogP contribution in [-0.2, 0) is 6.54 Å². The Balaban J connectivity index is 2.10. The zero-order valence-electron chi connectivity index (χ0n) is 9.75. The van der Waals surface area contributed by atoms with Gasteiger partial charge in [0.15, 0.2) is 0 Å². The van der Waals surface area contributed by atoms with Crippen LogP contribution >= 0.6 is 11.6 Å². The lowest BCUT2D eigenvalue weighted by Gasteiger charge is -2.08. The van der Waals surface area contributed by atoms with E-state index in [2.05, 4.69) is 5.32 Å². The van der Waals surface area contributed by atoms with Gasteiger partial charge in [-0.25, -0.2) is 8.78 Å². The summed E-state index contributed by atoms with van der Waals surface area (Å²) in [5, 5.41) is 11.5. The van der Waals surface area contributed by atoms with E-state index in [-0.39, 0.29) is 16.3 Å². The van der Waals surface area contributed by atoms with Crippen molar-refractivity contribution in [1.82, 2.24) is 0 Å². The summed E-state index contributed by atoms with van der Waals surface area (Å²) < 4.78 is 26.6. The van der Waals surface area contributed by atoms with Crippen molar-refractivity contribution in [2.75, 3.05) is 5.32 Å².